The van der Waals surface area contributed by atoms with Crippen molar-refractivity contribution in [2.24, 2.45) is 5.84 Å². The van der Waals surface area contributed by atoms with Crippen molar-refractivity contribution in [2.75, 3.05) is 6.61 Å². The summed E-state index contributed by atoms with van der Waals surface area (Å²) in [5.74, 6) is 5.48. The van der Waals surface area contributed by atoms with Gasteiger partial charge in [0.05, 0.1) is 6.10 Å². The summed E-state index contributed by atoms with van der Waals surface area (Å²) in [5, 5.41) is 0. The van der Waals surface area contributed by atoms with E-state index < -0.39 is 0 Å². The second kappa shape index (κ2) is 6.13. The standard InChI is InChI=1S/C10H20N2O/c1-2-3-6-9(12-11)10-7-4-5-8-13-10/h2,9-10,12H,1,3-8,11H2. The molecule has 1 rings (SSSR count). The van der Waals surface area contributed by atoms with Gasteiger partial charge in [-0.05, 0) is 32.1 Å². The predicted octanol–water partition coefficient (Wildman–Crippen LogP) is 1.35. The first-order valence-electron chi connectivity index (χ1n) is 5.07. The minimum atomic E-state index is 0.290. The zero-order valence-electron chi connectivity index (χ0n) is 8.17. The van der Waals surface area contributed by atoms with E-state index in [4.69, 9.17) is 10.6 Å². The Morgan fingerprint density at radius 1 is 1.62 bits per heavy atom. The highest BCUT2D eigenvalue weighted by Crippen LogP contribution is 2.18. The minimum Gasteiger partial charge on any atom is -0.377 e. The van der Waals surface area contributed by atoms with Gasteiger partial charge in [0.15, 0.2) is 0 Å². The molecule has 3 heteroatoms. The highest BCUT2D eigenvalue weighted by Gasteiger charge is 2.22. The molecule has 1 fully saturated rings. The zero-order valence-corrected chi connectivity index (χ0v) is 8.17. The van der Waals surface area contributed by atoms with Gasteiger partial charge in [0.2, 0.25) is 0 Å². The average molecular weight is 184 g/mol. The van der Waals surface area contributed by atoms with Crippen molar-refractivity contribution in [1.82, 2.24) is 5.43 Å². The van der Waals surface area contributed by atoms with Crippen LogP contribution in [0.4, 0.5) is 0 Å². The van der Waals surface area contributed by atoms with Crippen molar-refractivity contribution < 1.29 is 4.74 Å². The fourth-order valence-electron chi connectivity index (χ4n) is 1.76. The first-order valence-corrected chi connectivity index (χ1v) is 5.07. The molecular weight excluding hydrogens is 164 g/mol. The summed E-state index contributed by atoms with van der Waals surface area (Å²) in [6, 6.07) is 0.290. The third-order valence-corrected chi connectivity index (χ3v) is 2.56. The zero-order chi connectivity index (χ0) is 9.52. The average Bonchev–Trinajstić information content (AvgIpc) is 2.21. The monoisotopic (exact) mass is 184 g/mol. The number of ether oxygens (including phenoxy) is 1. The highest BCUT2D eigenvalue weighted by atomic mass is 16.5. The van der Waals surface area contributed by atoms with Gasteiger partial charge >= 0.3 is 0 Å². The van der Waals surface area contributed by atoms with Crippen LogP contribution in [0.3, 0.4) is 0 Å². The first kappa shape index (κ1) is 10.7. The largest absolute Gasteiger partial charge is 0.377 e. The molecule has 0 bridgehead atoms. The molecule has 0 aromatic carbocycles. The first-order chi connectivity index (χ1) is 6.38. The van der Waals surface area contributed by atoms with Gasteiger partial charge in [0, 0.05) is 12.6 Å². The van der Waals surface area contributed by atoms with E-state index in [0.29, 0.717) is 12.1 Å². The van der Waals surface area contributed by atoms with Gasteiger partial charge in [-0.25, -0.2) is 0 Å². The van der Waals surface area contributed by atoms with Crippen molar-refractivity contribution in [3.05, 3.63) is 12.7 Å². The summed E-state index contributed by atoms with van der Waals surface area (Å²) in [7, 11) is 0. The minimum absolute atomic E-state index is 0.290. The third kappa shape index (κ3) is 3.46. The van der Waals surface area contributed by atoms with Crippen LogP contribution in [0.15, 0.2) is 12.7 Å². The SMILES string of the molecule is C=CCCC(NN)C1CCCCO1. The van der Waals surface area contributed by atoms with Crippen LogP contribution in [-0.4, -0.2) is 18.8 Å². The molecule has 0 amide bonds. The lowest BCUT2D eigenvalue weighted by Crippen LogP contribution is -2.46. The molecule has 0 saturated carbocycles. The van der Waals surface area contributed by atoms with Gasteiger partial charge in [0.1, 0.15) is 0 Å². The van der Waals surface area contributed by atoms with E-state index in [9.17, 15) is 0 Å². The number of allylic oxidation sites excluding steroid dienone is 1. The summed E-state index contributed by atoms with van der Waals surface area (Å²) >= 11 is 0. The predicted molar refractivity (Wildman–Crippen MR) is 54.1 cm³/mol. The van der Waals surface area contributed by atoms with Crippen molar-refractivity contribution in [3.63, 3.8) is 0 Å². The lowest BCUT2D eigenvalue weighted by Gasteiger charge is -2.29. The second-order valence-corrected chi connectivity index (χ2v) is 3.54. The molecule has 0 spiro atoms. The number of hydrazine groups is 1. The molecule has 0 radical (unpaired) electrons. The van der Waals surface area contributed by atoms with Crippen molar-refractivity contribution in [1.29, 1.82) is 0 Å². The van der Waals surface area contributed by atoms with Gasteiger partial charge in [-0.1, -0.05) is 6.08 Å². The van der Waals surface area contributed by atoms with Crippen LogP contribution in [0, 0.1) is 0 Å². The van der Waals surface area contributed by atoms with Crippen LogP contribution in [0.1, 0.15) is 32.1 Å². The van der Waals surface area contributed by atoms with Gasteiger partial charge in [-0.15, -0.1) is 6.58 Å². The molecule has 2 atom stereocenters. The smallest absolute Gasteiger partial charge is 0.0741 e. The summed E-state index contributed by atoms with van der Waals surface area (Å²) in [4.78, 5) is 0. The third-order valence-electron chi connectivity index (χ3n) is 2.56. The molecule has 1 aliphatic rings. The maximum absolute atomic E-state index is 5.65. The number of rotatable bonds is 5. The van der Waals surface area contributed by atoms with Crippen LogP contribution in [0.25, 0.3) is 0 Å². The normalized spacial score (nSPS) is 25.5. The van der Waals surface area contributed by atoms with Crippen LogP contribution in [0.5, 0.6) is 0 Å². The molecule has 1 saturated heterocycles. The summed E-state index contributed by atoms with van der Waals surface area (Å²) in [6.07, 6.45) is 7.82. The Morgan fingerprint density at radius 3 is 3.00 bits per heavy atom. The van der Waals surface area contributed by atoms with E-state index in [1.165, 1.54) is 12.8 Å². The van der Waals surface area contributed by atoms with Crippen LogP contribution in [-0.2, 0) is 4.74 Å². The number of nitrogens with one attached hydrogen (secondary N) is 1. The molecule has 1 heterocycles. The Hall–Kier alpha value is -0.380. The van der Waals surface area contributed by atoms with E-state index in [1.807, 2.05) is 6.08 Å². The fraction of sp³-hybridized carbons (Fsp3) is 0.800. The molecule has 0 aromatic rings. The fourth-order valence-corrected chi connectivity index (χ4v) is 1.76. The van der Waals surface area contributed by atoms with Crippen molar-refractivity contribution in [3.8, 4) is 0 Å². The molecule has 3 N–H and O–H groups in total. The topological polar surface area (TPSA) is 47.3 Å². The van der Waals surface area contributed by atoms with Gasteiger partial charge in [-0.3, -0.25) is 11.3 Å². The van der Waals surface area contributed by atoms with Gasteiger partial charge in [-0.2, -0.15) is 0 Å². The summed E-state index contributed by atoms with van der Waals surface area (Å²) in [6.45, 7) is 4.59. The van der Waals surface area contributed by atoms with E-state index >= 15 is 0 Å². The van der Waals surface area contributed by atoms with E-state index in [0.717, 1.165) is 25.9 Å². The number of hydrogen-bond acceptors (Lipinski definition) is 3. The van der Waals surface area contributed by atoms with E-state index in [2.05, 4.69) is 12.0 Å². The van der Waals surface area contributed by atoms with E-state index in [1.54, 1.807) is 0 Å². The summed E-state index contributed by atoms with van der Waals surface area (Å²) < 4.78 is 5.65. The Balaban J connectivity index is 2.29. The molecular formula is C10H20N2O. The molecule has 76 valence electrons. The van der Waals surface area contributed by atoms with Gasteiger partial charge < -0.3 is 4.74 Å². The Bertz CT molecular complexity index is 144. The van der Waals surface area contributed by atoms with Crippen molar-refractivity contribution >= 4 is 0 Å². The van der Waals surface area contributed by atoms with Crippen LogP contribution < -0.4 is 11.3 Å². The molecule has 0 aromatic heterocycles. The molecule has 0 aliphatic carbocycles. The quantitative estimate of drug-likeness (QED) is 0.385. The second-order valence-electron chi connectivity index (χ2n) is 3.54. The summed E-state index contributed by atoms with van der Waals surface area (Å²) in [5.41, 5.74) is 2.83. The van der Waals surface area contributed by atoms with Crippen molar-refractivity contribution in [2.45, 2.75) is 44.2 Å². The lowest BCUT2D eigenvalue weighted by molar-refractivity contribution is -0.00907. The highest BCUT2D eigenvalue weighted by molar-refractivity contribution is 4.80. The molecule has 1 aliphatic heterocycles. The Kier molecular flexibility index (Phi) is 5.05. The molecule has 3 nitrogen and oxygen atoms in total. The van der Waals surface area contributed by atoms with E-state index in [-0.39, 0.29) is 0 Å². The maximum atomic E-state index is 5.65. The van der Waals surface area contributed by atoms with Gasteiger partial charge in [0.25, 0.3) is 0 Å². The number of nitrogens with two attached hydrogens (primary N) is 1. The van der Waals surface area contributed by atoms with Crippen LogP contribution >= 0.6 is 0 Å². The Labute approximate surface area is 80.3 Å². The maximum Gasteiger partial charge on any atom is 0.0741 e. The van der Waals surface area contributed by atoms with Crippen LogP contribution in [0.2, 0.25) is 0 Å². The molecule has 2 unspecified atom stereocenters. The molecule has 13 heavy (non-hydrogen) atoms. The number of hydrogen-bond donors (Lipinski definition) is 2. The Morgan fingerprint density at radius 2 is 2.46 bits per heavy atom. The lowest BCUT2D eigenvalue weighted by atomic mass is 9.99.